The average molecular weight is 323 g/mol. The van der Waals surface area contributed by atoms with Crippen molar-refractivity contribution in [3.05, 3.63) is 72.2 Å². The summed E-state index contributed by atoms with van der Waals surface area (Å²) in [5.74, 6) is -0.483. The fourth-order valence-electron chi connectivity index (χ4n) is 2.42. The first kappa shape index (κ1) is 15.8. The SMILES string of the molecule is O=C(CCNC(=O)c1ccco1)OCc1cccc2ccccc12. The van der Waals surface area contributed by atoms with Crippen LogP contribution in [0.1, 0.15) is 22.5 Å². The van der Waals surface area contributed by atoms with Crippen LogP contribution in [-0.4, -0.2) is 18.4 Å². The minimum atomic E-state index is -0.359. The van der Waals surface area contributed by atoms with Gasteiger partial charge in [0.05, 0.1) is 12.7 Å². The van der Waals surface area contributed by atoms with Crippen molar-refractivity contribution < 1.29 is 18.7 Å². The molecule has 1 amide bonds. The van der Waals surface area contributed by atoms with Crippen molar-refractivity contribution in [1.82, 2.24) is 5.32 Å². The molecule has 0 aliphatic heterocycles. The lowest BCUT2D eigenvalue weighted by atomic mass is 10.1. The number of benzene rings is 2. The monoisotopic (exact) mass is 323 g/mol. The minimum absolute atomic E-state index is 0.108. The molecule has 5 nitrogen and oxygen atoms in total. The molecule has 0 unspecified atom stereocenters. The zero-order chi connectivity index (χ0) is 16.8. The van der Waals surface area contributed by atoms with Crippen LogP contribution < -0.4 is 5.32 Å². The molecule has 3 aromatic rings. The Hall–Kier alpha value is -3.08. The molecule has 1 aromatic heterocycles. The van der Waals surface area contributed by atoms with Crippen LogP contribution in [0.2, 0.25) is 0 Å². The van der Waals surface area contributed by atoms with Gasteiger partial charge in [0.2, 0.25) is 0 Å². The van der Waals surface area contributed by atoms with E-state index in [1.807, 2.05) is 42.5 Å². The number of furan rings is 1. The molecule has 0 atom stereocenters. The van der Waals surface area contributed by atoms with Crippen molar-refractivity contribution in [1.29, 1.82) is 0 Å². The molecule has 3 rings (SSSR count). The maximum absolute atomic E-state index is 11.8. The van der Waals surface area contributed by atoms with Crippen LogP contribution >= 0.6 is 0 Å². The van der Waals surface area contributed by atoms with Gasteiger partial charge in [-0.2, -0.15) is 0 Å². The Bertz CT molecular complexity index is 834. The predicted molar refractivity (Wildman–Crippen MR) is 89.4 cm³/mol. The first-order valence-electron chi connectivity index (χ1n) is 7.68. The summed E-state index contributed by atoms with van der Waals surface area (Å²) >= 11 is 0. The third-order valence-electron chi connectivity index (χ3n) is 3.63. The first-order chi connectivity index (χ1) is 11.7. The largest absolute Gasteiger partial charge is 0.461 e. The molecule has 0 saturated heterocycles. The summed E-state index contributed by atoms with van der Waals surface area (Å²) in [5, 5.41) is 4.79. The Morgan fingerprint density at radius 2 is 1.83 bits per heavy atom. The second kappa shape index (κ2) is 7.46. The average Bonchev–Trinajstić information content (AvgIpc) is 3.14. The van der Waals surface area contributed by atoms with Crippen molar-refractivity contribution in [2.24, 2.45) is 0 Å². The number of fused-ring (bicyclic) bond motifs is 1. The van der Waals surface area contributed by atoms with Crippen LogP contribution in [0.3, 0.4) is 0 Å². The fraction of sp³-hybridized carbons (Fsp3) is 0.158. The molecule has 5 heteroatoms. The van der Waals surface area contributed by atoms with Crippen LogP contribution in [0.5, 0.6) is 0 Å². The van der Waals surface area contributed by atoms with Gasteiger partial charge in [-0.05, 0) is 28.5 Å². The number of rotatable bonds is 6. The Morgan fingerprint density at radius 3 is 2.67 bits per heavy atom. The highest BCUT2D eigenvalue weighted by molar-refractivity contribution is 5.91. The van der Waals surface area contributed by atoms with Crippen LogP contribution in [0.4, 0.5) is 0 Å². The van der Waals surface area contributed by atoms with Crippen molar-refractivity contribution in [2.75, 3.05) is 6.54 Å². The lowest BCUT2D eigenvalue weighted by Crippen LogP contribution is -2.26. The molecule has 122 valence electrons. The van der Waals surface area contributed by atoms with Gasteiger partial charge < -0.3 is 14.5 Å². The smallest absolute Gasteiger partial charge is 0.307 e. The third kappa shape index (κ3) is 3.81. The van der Waals surface area contributed by atoms with Gasteiger partial charge in [-0.3, -0.25) is 9.59 Å². The van der Waals surface area contributed by atoms with Crippen molar-refractivity contribution in [3.8, 4) is 0 Å². The summed E-state index contributed by atoms with van der Waals surface area (Å²) in [6.45, 7) is 0.417. The van der Waals surface area contributed by atoms with Crippen molar-refractivity contribution in [3.63, 3.8) is 0 Å². The van der Waals surface area contributed by atoms with Crippen LogP contribution in [0, 0.1) is 0 Å². The van der Waals surface area contributed by atoms with Crippen LogP contribution in [0.15, 0.2) is 65.3 Å². The zero-order valence-corrected chi connectivity index (χ0v) is 13.0. The van der Waals surface area contributed by atoms with E-state index in [4.69, 9.17) is 9.15 Å². The molecule has 0 radical (unpaired) electrons. The van der Waals surface area contributed by atoms with Crippen LogP contribution in [-0.2, 0) is 16.1 Å². The number of carbonyl (C=O) groups is 2. The quantitative estimate of drug-likeness (QED) is 0.707. The van der Waals surface area contributed by atoms with E-state index in [1.54, 1.807) is 12.1 Å². The summed E-state index contributed by atoms with van der Waals surface area (Å²) in [5.41, 5.74) is 0.959. The van der Waals surface area contributed by atoms with Gasteiger partial charge in [-0.1, -0.05) is 42.5 Å². The van der Waals surface area contributed by atoms with Crippen molar-refractivity contribution in [2.45, 2.75) is 13.0 Å². The maximum atomic E-state index is 11.8. The van der Waals surface area contributed by atoms with Gasteiger partial charge in [-0.15, -0.1) is 0 Å². The highest BCUT2D eigenvalue weighted by Crippen LogP contribution is 2.19. The minimum Gasteiger partial charge on any atom is -0.461 e. The molecule has 0 spiro atoms. The normalized spacial score (nSPS) is 10.5. The van der Waals surface area contributed by atoms with Gasteiger partial charge in [-0.25, -0.2) is 0 Å². The van der Waals surface area contributed by atoms with E-state index in [0.717, 1.165) is 16.3 Å². The van der Waals surface area contributed by atoms with E-state index in [-0.39, 0.29) is 37.2 Å². The number of ether oxygens (including phenoxy) is 1. The van der Waals surface area contributed by atoms with E-state index in [1.165, 1.54) is 6.26 Å². The maximum Gasteiger partial charge on any atom is 0.307 e. The molecule has 1 heterocycles. The molecule has 1 N–H and O–H groups in total. The standard InChI is InChI=1S/C19H17NO4/c21-18(10-11-20-19(22)17-9-4-12-23-17)24-13-15-7-3-6-14-5-1-2-8-16(14)15/h1-9,12H,10-11,13H2,(H,20,22). The Morgan fingerprint density at radius 1 is 1.00 bits per heavy atom. The van der Waals surface area contributed by atoms with Gasteiger partial charge in [0, 0.05) is 6.54 Å². The molecular formula is C19H17NO4. The van der Waals surface area contributed by atoms with E-state index in [0.29, 0.717) is 0 Å². The van der Waals surface area contributed by atoms with E-state index in [2.05, 4.69) is 5.32 Å². The number of esters is 1. The first-order valence-corrected chi connectivity index (χ1v) is 7.68. The lowest BCUT2D eigenvalue weighted by molar-refractivity contribution is -0.144. The summed E-state index contributed by atoms with van der Waals surface area (Å²) < 4.78 is 10.3. The van der Waals surface area contributed by atoms with Crippen molar-refractivity contribution >= 4 is 22.6 Å². The zero-order valence-electron chi connectivity index (χ0n) is 13.0. The highest BCUT2D eigenvalue weighted by Gasteiger charge is 2.10. The summed E-state index contributed by atoms with van der Waals surface area (Å²) in [7, 11) is 0. The number of amides is 1. The van der Waals surface area contributed by atoms with E-state index < -0.39 is 0 Å². The molecule has 2 aromatic carbocycles. The van der Waals surface area contributed by atoms with E-state index in [9.17, 15) is 9.59 Å². The van der Waals surface area contributed by atoms with Gasteiger partial charge >= 0.3 is 5.97 Å². The highest BCUT2D eigenvalue weighted by atomic mass is 16.5. The lowest BCUT2D eigenvalue weighted by Gasteiger charge is -2.08. The molecule has 0 aliphatic carbocycles. The fourth-order valence-corrected chi connectivity index (χ4v) is 2.42. The summed E-state index contributed by atoms with van der Waals surface area (Å²) in [6, 6.07) is 17.0. The number of hydrogen-bond donors (Lipinski definition) is 1. The summed E-state index contributed by atoms with van der Waals surface area (Å²) in [4.78, 5) is 23.5. The molecule has 24 heavy (non-hydrogen) atoms. The molecule has 0 aliphatic rings. The molecule has 0 fully saturated rings. The number of carbonyl (C=O) groups excluding carboxylic acids is 2. The number of nitrogens with one attached hydrogen (secondary N) is 1. The third-order valence-corrected chi connectivity index (χ3v) is 3.63. The predicted octanol–water partition coefficient (Wildman–Crippen LogP) is 3.30. The van der Waals surface area contributed by atoms with Gasteiger partial charge in [0.25, 0.3) is 5.91 Å². The molecule has 0 saturated carbocycles. The second-order valence-corrected chi connectivity index (χ2v) is 5.28. The number of hydrogen-bond acceptors (Lipinski definition) is 4. The molecular weight excluding hydrogens is 306 g/mol. The summed E-state index contributed by atoms with van der Waals surface area (Å²) in [6.07, 6.45) is 1.53. The Labute approximate surface area is 139 Å². The van der Waals surface area contributed by atoms with Crippen LogP contribution in [0.25, 0.3) is 10.8 Å². The second-order valence-electron chi connectivity index (χ2n) is 5.28. The topological polar surface area (TPSA) is 68.5 Å². The van der Waals surface area contributed by atoms with E-state index >= 15 is 0 Å². The van der Waals surface area contributed by atoms with Gasteiger partial charge in [0.15, 0.2) is 5.76 Å². The molecule has 0 bridgehead atoms. The Balaban J connectivity index is 1.48. The van der Waals surface area contributed by atoms with Gasteiger partial charge in [0.1, 0.15) is 6.61 Å². The Kier molecular flexibility index (Phi) is 4.91.